The van der Waals surface area contributed by atoms with Gasteiger partial charge in [0.05, 0.1) is 24.4 Å². The number of aromatic amines is 1. The zero-order chi connectivity index (χ0) is 23.3. The fraction of sp³-hybridized carbons (Fsp3) is 0.609. The number of anilines is 1. The average Bonchev–Trinajstić information content (AvgIpc) is 3.22. The summed E-state index contributed by atoms with van der Waals surface area (Å²) in [5, 5.41) is 21.1. The quantitative estimate of drug-likeness (QED) is 0.625. The number of carbonyl (C=O) groups excluding carboxylic acids is 1. The van der Waals surface area contributed by atoms with Crippen LogP contribution in [0.1, 0.15) is 52.3 Å². The summed E-state index contributed by atoms with van der Waals surface area (Å²) in [5.41, 5.74) is 3.19. The number of rotatable bonds is 3. The number of nitrogens with zero attached hydrogens (tertiary/aromatic N) is 3. The molecule has 2 atom stereocenters. The van der Waals surface area contributed by atoms with E-state index in [0.717, 1.165) is 36.2 Å². The second kappa shape index (κ2) is 8.03. The molecule has 3 heterocycles. The number of amides is 1. The number of likely N-dealkylation sites (tertiary alicyclic amines) is 1. The zero-order valence-electron chi connectivity index (χ0n) is 19.3. The Bertz CT molecular complexity index is 1010. The molecule has 32 heavy (non-hydrogen) atoms. The van der Waals surface area contributed by atoms with Gasteiger partial charge >= 0.3 is 6.09 Å². The number of β-amino-alcohol motifs (C(OH)–C–C–N with tert-alkyl or cyclic N) is 1. The Morgan fingerprint density at radius 3 is 2.81 bits per heavy atom. The molecule has 1 fully saturated rings. The van der Waals surface area contributed by atoms with Crippen molar-refractivity contribution in [3.63, 3.8) is 0 Å². The number of aliphatic hydroxyl groups excluding tert-OH is 1. The summed E-state index contributed by atoms with van der Waals surface area (Å²) in [6.45, 7) is 10.2. The SMILES string of the molecule is CC1(C)CCc2c(-c3cc(F)nc(N[C@@H]4CN(C(=O)OC(C)(C)C)C[C@H]4O)c3)n[nH]c2C1. The van der Waals surface area contributed by atoms with Gasteiger partial charge in [0.25, 0.3) is 0 Å². The van der Waals surface area contributed by atoms with E-state index in [4.69, 9.17) is 4.74 Å². The van der Waals surface area contributed by atoms with Crippen molar-refractivity contribution < 1.29 is 19.0 Å². The molecule has 0 aromatic carbocycles. The van der Waals surface area contributed by atoms with Gasteiger partial charge in [0.15, 0.2) is 0 Å². The molecule has 1 aliphatic carbocycles. The molecule has 1 saturated heterocycles. The molecule has 9 heteroatoms. The molecule has 0 radical (unpaired) electrons. The first kappa shape index (κ1) is 22.5. The second-order valence-electron chi connectivity index (χ2n) is 10.6. The first-order valence-electron chi connectivity index (χ1n) is 11.1. The number of hydrogen-bond acceptors (Lipinski definition) is 6. The van der Waals surface area contributed by atoms with Gasteiger partial charge in [-0.25, -0.2) is 9.78 Å². The van der Waals surface area contributed by atoms with Crippen molar-refractivity contribution in [2.75, 3.05) is 18.4 Å². The monoisotopic (exact) mass is 445 g/mol. The minimum absolute atomic E-state index is 0.136. The van der Waals surface area contributed by atoms with Crippen molar-refractivity contribution in [2.45, 2.75) is 71.6 Å². The summed E-state index contributed by atoms with van der Waals surface area (Å²) in [7, 11) is 0. The molecule has 4 rings (SSSR count). The molecule has 174 valence electrons. The number of pyridine rings is 1. The van der Waals surface area contributed by atoms with Crippen molar-refractivity contribution >= 4 is 11.9 Å². The Labute approximate surface area is 187 Å². The highest BCUT2D eigenvalue weighted by molar-refractivity contribution is 5.69. The number of halogens is 1. The molecule has 1 amide bonds. The number of fused-ring (bicyclic) bond motifs is 1. The summed E-state index contributed by atoms with van der Waals surface area (Å²) in [4.78, 5) is 17.7. The number of carbonyl (C=O) groups is 1. The third-order valence-corrected chi connectivity index (χ3v) is 6.00. The minimum Gasteiger partial charge on any atom is -0.444 e. The lowest BCUT2D eigenvalue weighted by molar-refractivity contribution is 0.0270. The zero-order valence-corrected chi connectivity index (χ0v) is 19.3. The van der Waals surface area contributed by atoms with Gasteiger partial charge < -0.3 is 20.1 Å². The molecule has 0 spiro atoms. The van der Waals surface area contributed by atoms with E-state index in [1.807, 2.05) is 0 Å². The highest BCUT2D eigenvalue weighted by atomic mass is 19.1. The van der Waals surface area contributed by atoms with E-state index in [9.17, 15) is 14.3 Å². The van der Waals surface area contributed by atoms with E-state index in [-0.39, 0.29) is 18.5 Å². The molecule has 0 saturated carbocycles. The van der Waals surface area contributed by atoms with Gasteiger partial charge in [-0.05, 0) is 51.5 Å². The standard InChI is InChI=1S/C23H32FN5O3/c1-22(2,3)32-21(31)29-11-16(17(30)12-29)25-19-9-13(8-18(24)26-19)20-14-6-7-23(4,5)10-15(14)27-28-20/h8-9,16-17,30H,6-7,10-12H2,1-5H3,(H,25,26)(H,27,28)/t16-,17-/m1/s1. The fourth-order valence-corrected chi connectivity index (χ4v) is 4.39. The first-order valence-corrected chi connectivity index (χ1v) is 11.1. The van der Waals surface area contributed by atoms with Crippen LogP contribution in [0, 0.1) is 11.4 Å². The van der Waals surface area contributed by atoms with Gasteiger partial charge in [-0.15, -0.1) is 0 Å². The molecule has 3 N–H and O–H groups in total. The van der Waals surface area contributed by atoms with Crippen LogP contribution in [-0.2, 0) is 17.6 Å². The number of aromatic nitrogens is 3. The third-order valence-electron chi connectivity index (χ3n) is 6.00. The van der Waals surface area contributed by atoms with Crippen LogP contribution in [0.2, 0.25) is 0 Å². The van der Waals surface area contributed by atoms with Gasteiger partial charge in [0.1, 0.15) is 11.4 Å². The Morgan fingerprint density at radius 2 is 2.09 bits per heavy atom. The van der Waals surface area contributed by atoms with Crippen LogP contribution in [-0.4, -0.2) is 62.1 Å². The van der Waals surface area contributed by atoms with Crippen molar-refractivity contribution in [1.29, 1.82) is 0 Å². The summed E-state index contributed by atoms with van der Waals surface area (Å²) in [6.07, 6.45) is 1.52. The van der Waals surface area contributed by atoms with Crippen molar-refractivity contribution in [3.05, 3.63) is 29.3 Å². The average molecular weight is 446 g/mol. The maximum atomic E-state index is 14.4. The van der Waals surface area contributed by atoms with E-state index in [1.165, 1.54) is 11.0 Å². The summed E-state index contributed by atoms with van der Waals surface area (Å²) in [6, 6.07) is 2.63. The van der Waals surface area contributed by atoms with Gasteiger partial charge in [-0.3, -0.25) is 5.10 Å². The van der Waals surface area contributed by atoms with Crippen LogP contribution >= 0.6 is 0 Å². The number of H-pyrrole nitrogens is 1. The van der Waals surface area contributed by atoms with Crippen LogP contribution < -0.4 is 5.32 Å². The Kier molecular flexibility index (Phi) is 5.65. The summed E-state index contributed by atoms with van der Waals surface area (Å²) < 4.78 is 19.8. The molecule has 1 aliphatic heterocycles. The molecule has 8 nitrogen and oxygen atoms in total. The van der Waals surface area contributed by atoms with Gasteiger partial charge in [-0.2, -0.15) is 9.49 Å². The maximum absolute atomic E-state index is 14.4. The van der Waals surface area contributed by atoms with Crippen LogP contribution in [0.4, 0.5) is 15.0 Å². The highest BCUT2D eigenvalue weighted by Crippen LogP contribution is 2.38. The first-order chi connectivity index (χ1) is 14.9. The summed E-state index contributed by atoms with van der Waals surface area (Å²) >= 11 is 0. The predicted octanol–water partition coefficient (Wildman–Crippen LogP) is 3.52. The second-order valence-corrected chi connectivity index (χ2v) is 10.6. The van der Waals surface area contributed by atoms with E-state index in [1.54, 1.807) is 26.8 Å². The van der Waals surface area contributed by atoms with E-state index < -0.39 is 29.8 Å². The normalized spacial score (nSPS) is 22.5. The van der Waals surface area contributed by atoms with Crippen molar-refractivity contribution in [3.8, 4) is 11.3 Å². The third kappa shape index (κ3) is 4.87. The topological polar surface area (TPSA) is 103 Å². The number of aliphatic hydroxyl groups is 1. The minimum atomic E-state index is -0.823. The van der Waals surface area contributed by atoms with E-state index >= 15 is 0 Å². The smallest absolute Gasteiger partial charge is 0.410 e. The molecular formula is C23H32FN5O3. The molecule has 0 bridgehead atoms. The number of hydrogen-bond donors (Lipinski definition) is 3. The Morgan fingerprint density at radius 1 is 1.34 bits per heavy atom. The summed E-state index contributed by atoms with van der Waals surface area (Å²) in [5.74, 6) is -0.336. The van der Waals surface area contributed by atoms with Crippen LogP contribution in [0.15, 0.2) is 12.1 Å². The predicted molar refractivity (Wildman–Crippen MR) is 119 cm³/mol. The molecular weight excluding hydrogens is 413 g/mol. The lowest BCUT2D eigenvalue weighted by Gasteiger charge is -2.29. The van der Waals surface area contributed by atoms with E-state index in [0.29, 0.717) is 11.4 Å². The van der Waals surface area contributed by atoms with Gasteiger partial charge in [0, 0.05) is 29.4 Å². The molecule has 0 unspecified atom stereocenters. The Balaban J connectivity index is 1.51. The van der Waals surface area contributed by atoms with Crippen molar-refractivity contribution in [2.24, 2.45) is 5.41 Å². The van der Waals surface area contributed by atoms with Gasteiger partial charge in [0.2, 0.25) is 5.95 Å². The van der Waals surface area contributed by atoms with E-state index in [2.05, 4.69) is 34.3 Å². The molecule has 2 aromatic heterocycles. The molecule has 2 aliphatic rings. The highest BCUT2D eigenvalue weighted by Gasteiger charge is 2.36. The fourth-order valence-electron chi connectivity index (χ4n) is 4.39. The number of nitrogens with one attached hydrogen (secondary N) is 2. The van der Waals surface area contributed by atoms with Crippen LogP contribution in [0.25, 0.3) is 11.3 Å². The Hall–Kier alpha value is -2.68. The van der Waals surface area contributed by atoms with Crippen LogP contribution in [0.3, 0.4) is 0 Å². The van der Waals surface area contributed by atoms with Gasteiger partial charge in [-0.1, -0.05) is 13.8 Å². The molecule has 2 aromatic rings. The largest absolute Gasteiger partial charge is 0.444 e. The number of ether oxygens (including phenoxy) is 1. The lowest BCUT2D eigenvalue weighted by Crippen LogP contribution is -2.36. The maximum Gasteiger partial charge on any atom is 0.410 e. The van der Waals surface area contributed by atoms with Crippen LogP contribution in [0.5, 0.6) is 0 Å². The lowest BCUT2D eigenvalue weighted by atomic mass is 9.76. The van der Waals surface area contributed by atoms with Crippen molar-refractivity contribution in [1.82, 2.24) is 20.1 Å².